The second-order valence-corrected chi connectivity index (χ2v) is 4.18. The summed E-state index contributed by atoms with van der Waals surface area (Å²) in [6.45, 7) is 7.23. The van der Waals surface area contributed by atoms with Gasteiger partial charge in [-0.3, -0.25) is 4.90 Å². The van der Waals surface area contributed by atoms with E-state index in [0.717, 1.165) is 19.3 Å². The number of nitrogens with one attached hydrogen (secondary N) is 1. The molecule has 0 unspecified atom stereocenters. The van der Waals surface area contributed by atoms with E-state index in [-0.39, 0.29) is 0 Å². The predicted molar refractivity (Wildman–Crippen MR) is 59.3 cm³/mol. The first kappa shape index (κ1) is 12.0. The Bertz CT molecular complexity index is 135. The smallest absolute Gasteiger partial charge is 0.0987 e. The third-order valence-corrected chi connectivity index (χ3v) is 2.89. The lowest BCUT2D eigenvalue weighted by atomic mass is 9.95. The molecule has 3 nitrogen and oxygen atoms in total. The molecular weight excluding hydrogens is 176 g/mol. The lowest BCUT2D eigenvalue weighted by molar-refractivity contribution is 0.0471. The maximum Gasteiger partial charge on any atom is 0.0987 e. The summed E-state index contributed by atoms with van der Waals surface area (Å²) in [5, 5.41) is 3.40. The van der Waals surface area contributed by atoms with Crippen LogP contribution in [0.2, 0.25) is 0 Å². The van der Waals surface area contributed by atoms with E-state index >= 15 is 0 Å². The molecule has 1 fully saturated rings. The molecule has 0 radical (unpaired) electrons. The van der Waals surface area contributed by atoms with Gasteiger partial charge in [0.15, 0.2) is 0 Å². The Hall–Kier alpha value is -0.120. The molecule has 0 aromatic carbocycles. The van der Waals surface area contributed by atoms with E-state index in [1.165, 1.54) is 38.9 Å². The minimum Gasteiger partial charge on any atom is -0.366 e. The van der Waals surface area contributed by atoms with E-state index in [9.17, 15) is 0 Å². The summed E-state index contributed by atoms with van der Waals surface area (Å²) >= 11 is 0. The van der Waals surface area contributed by atoms with Crippen LogP contribution in [-0.4, -0.2) is 44.9 Å². The first-order valence-corrected chi connectivity index (χ1v) is 5.80. The maximum atomic E-state index is 5.35. The third-order valence-electron chi connectivity index (χ3n) is 2.89. The van der Waals surface area contributed by atoms with E-state index in [4.69, 9.17) is 4.74 Å². The highest BCUT2D eigenvalue weighted by molar-refractivity contribution is 4.69. The van der Waals surface area contributed by atoms with Crippen LogP contribution in [0.15, 0.2) is 0 Å². The van der Waals surface area contributed by atoms with Crippen molar-refractivity contribution >= 4 is 0 Å². The Labute approximate surface area is 87.8 Å². The van der Waals surface area contributed by atoms with E-state index in [1.807, 2.05) is 6.92 Å². The van der Waals surface area contributed by atoms with Crippen molar-refractivity contribution in [2.45, 2.75) is 26.2 Å². The summed E-state index contributed by atoms with van der Waals surface area (Å²) in [6.07, 6.45) is 4.02. The second-order valence-electron chi connectivity index (χ2n) is 4.18. The van der Waals surface area contributed by atoms with Crippen LogP contribution in [0.25, 0.3) is 0 Å². The normalized spacial score (nSPS) is 19.1. The molecule has 0 amide bonds. The molecule has 1 N–H and O–H groups in total. The monoisotopic (exact) mass is 200 g/mol. The van der Waals surface area contributed by atoms with E-state index < -0.39 is 0 Å². The number of ether oxygens (including phenoxy) is 1. The summed E-state index contributed by atoms with van der Waals surface area (Å²) in [7, 11) is 2.14. The maximum absolute atomic E-state index is 5.35. The van der Waals surface area contributed by atoms with Crippen LogP contribution in [0.5, 0.6) is 0 Å². The fourth-order valence-corrected chi connectivity index (χ4v) is 1.89. The van der Waals surface area contributed by atoms with Crippen molar-refractivity contribution in [1.29, 1.82) is 0 Å². The molecule has 1 heterocycles. The number of hydrogen-bond donors (Lipinski definition) is 1. The van der Waals surface area contributed by atoms with Crippen LogP contribution in [0.4, 0.5) is 0 Å². The van der Waals surface area contributed by atoms with Gasteiger partial charge >= 0.3 is 0 Å². The van der Waals surface area contributed by atoms with Gasteiger partial charge in [-0.15, -0.1) is 0 Å². The molecule has 3 heteroatoms. The molecule has 0 aromatic rings. The molecule has 0 atom stereocenters. The molecule has 0 aliphatic carbocycles. The molecule has 1 saturated heterocycles. The summed E-state index contributed by atoms with van der Waals surface area (Å²) in [6, 6.07) is 0. The SMILES string of the molecule is CCOCN(C)CCC1CCNCC1. The Balaban J connectivity index is 2.00. The molecular formula is C11H24N2O. The van der Waals surface area contributed by atoms with E-state index in [2.05, 4.69) is 17.3 Å². The average Bonchev–Trinajstić information content (AvgIpc) is 2.25. The average molecular weight is 200 g/mol. The van der Waals surface area contributed by atoms with Crippen LogP contribution in [-0.2, 0) is 4.74 Å². The fourth-order valence-electron chi connectivity index (χ4n) is 1.89. The van der Waals surface area contributed by atoms with Crippen molar-refractivity contribution in [2.24, 2.45) is 5.92 Å². The molecule has 0 aromatic heterocycles. The minimum atomic E-state index is 0.779. The quantitative estimate of drug-likeness (QED) is 0.654. The van der Waals surface area contributed by atoms with Gasteiger partial charge in [0, 0.05) is 13.2 Å². The summed E-state index contributed by atoms with van der Waals surface area (Å²) in [5.74, 6) is 0.931. The number of hydrogen-bond acceptors (Lipinski definition) is 3. The number of piperidine rings is 1. The van der Waals surface area contributed by atoms with Crippen LogP contribution >= 0.6 is 0 Å². The van der Waals surface area contributed by atoms with Crippen LogP contribution < -0.4 is 5.32 Å². The highest BCUT2D eigenvalue weighted by Crippen LogP contribution is 2.15. The predicted octanol–water partition coefficient (Wildman–Crippen LogP) is 1.30. The van der Waals surface area contributed by atoms with Gasteiger partial charge < -0.3 is 10.1 Å². The van der Waals surface area contributed by atoms with Crippen molar-refractivity contribution in [2.75, 3.05) is 40.0 Å². The largest absolute Gasteiger partial charge is 0.366 e. The van der Waals surface area contributed by atoms with Gasteiger partial charge in [0.25, 0.3) is 0 Å². The summed E-state index contributed by atoms with van der Waals surface area (Å²) < 4.78 is 5.35. The zero-order valence-corrected chi connectivity index (χ0v) is 9.59. The van der Waals surface area contributed by atoms with Gasteiger partial charge in [0.2, 0.25) is 0 Å². The van der Waals surface area contributed by atoms with Crippen molar-refractivity contribution in [3.63, 3.8) is 0 Å². The van der Waals surface area contributed by atoms with Gasteiger partial charge in [-0.05, 0) is 52.2 Å². The fraction of sp³-hybridized carbons (Fsp3) is 1.00. The van der Waals surface area contributed by atoms with Crippen LogP contribution in [0.1, 0.15) is 26.2 Å². The van der Waals surface area contributed by atoms with Crippen molar-refractivity contribution in [3.05, 3.63) is 0 Å². The highest BCUT2D eigenvalue weighted by atomic mass is 16.5. The Morgan fingerprint density at radius 2 is 2.07 bits per heavy atom. The first-order valence-electron chi connectivity index (χ1n) is 5.80. The van der Waals surface area contributed by atoms with Gasteiger partial charge in [-0.25, -0.2) is 0 Å². The lowest BCUT2D eigenvalue weighted by Crippen LogP contribution is -2.30. The van der Waals surface area contributed by atoms with Crippen LogP contribution in [0.3, 0.4) is 0 Å². The van der Waals surface area contributed by atoms with E-state index in [0.29, 0.717) is 0 Å². The van der Waals surface area contributed by atoms with Gasteiger partial charge in [-0.2, -0.15) is 0 Å². The summed E-state index contributed by atoms with van der Waals surface area (Å²) in [4.78, 5) is 2.27. The Morgan fingerprint density at radius 3 is 2.71 bits per heavy atom. The Morgan fingerprint density at radius 1 is 1.36 bits per heavy atom. The van der Waals surface area contributed by atoms with Crippen molar-refractivity contribution in [1.82, 2.24) is 10.2 Å². The molecule has 14 heavy (non-hydrogen) atoms. The highest BCUT2D eigenvalue weighted by Gasteiger charge is 2.13. The topological polar surface area (TPSA) is 24.5 Å². The van der Waals surface area contributed by atoms with E-state index in [1.54, 1.807) is 0 Å². The van der Waals surface area contributed by atoms with Gasteiger partial charge in [0.05, 0.1) is 6.73 Å². The molecule has 1 rings (SSSR count). The molecule has 1 aliphatic heterocycles. The number of nitrogens with zero attached hydrogens (tertiary/aromatic N) is 1. The Kier molecular flexibility index (Phi) is 6.15. The van der Waals surface area contributed by atoms with Gasteiger partial charge in [0.1, 0.15) is 0 Å². The second kappa shape index (κ2) is 7.21. The number of rotatable bonds is 6. The van der Waals surface area contributed by atoms with Crippen molar-refractivity contribution < 1.29 is 4.74 Å². The molecule has 0 saturated carbocycles. The standard InChI is InChI=1S/C11H24N2O/c1-3-14-10-13(2)9-6-11-4-7-12-8-5-11/h11-12H,3-10H2,1-2H3. The molecule has 0 spiro atoms. The third kappa shape index (κ3) is 4.94. The van der Waals surface area contributed by atoms with Gasteiger partial charge in [-0.1, -0.05) is 0 Å². The molecule has 0 bridgehead atoms. The van der Waals surface area contributed by atoms with Crippen molar-refractivity contribution in [3.8, 4) is 0 Å². The zero-order valence-electron chi connectivity index (χ0n) is 9.59. The summed E-state index contributed by atoms with van der Waals surface area (Å²) in [5.41, 5.74) is 0. The minimum absolute atomic E-state index is 0.779. The van der Waals surface area contributed by atoms with Crippen LogP contribution in [0, 0.1) is 5.92 Å². The molecule has 1 aliphatic rings. The first-order chi connectivity index (χ1) is 6.83. The lowest BCUT2D eigenvalue weighted by Gasteiger charge is -2.25. The molecule has 84 valence electrons. The zero-order chi connectivity index (χ0) is 10.2.